The van der Waals surface area contributed by atoms with Gasteiger partial charge in [-0.2, -0.15) is 18.3 Å². The van der Waals surface area contributed by atoms with Gasteiger partial charge in [-0.05, 0) is 24.1 Å². The zero-order valence-electron chi connectivity index (χ0n) is 9.37. The molecule has 2 rings (SSSR count). The fraction of sp³-hybridized carbons (Fsp3) is 0.273. The highest BCUT2D eigenvalue weighted by Gasteiger charge is 2.32. The van der Waals surface area contributed by atoms with Crippen molar-refractivity contribution in [2.45, 2.75) is 19.0 Å². The van der Waals surface area contributed by atoms with E-state index in [1.807, 2.05) is 0 Å². The minimum atomic E-state index is -4.40. The number of hydrogen-bond acceptors (Lipinski definition) is 2. The van der Waals surface area contributed by atoms with Crippen molar-refractivity contribution in [3.63, 3.8) is 0 Å². The van der Waals surface area contributed by atoms with Crippen LogP contribution < -0.4 is 0 Å². The van der Waals surface area contributed by atoms with Crippen LogP contribution in [0.3, 0.4) is 0 Å². The molecule has 0 atom stereocenters. The van der Waals surface area contributed by atoms with E-state index < -0.39 is 11.7 Å². The topological polar surface area (TPSA) is 30.7 Å². The van der Waals surface area contributed by atoms with E-state index in [1.54, 1.807) is 13.0 Å². The van der Waals surface area contributed by atoms with Gasteiger partial charge in [0.15, 0.2) is 5.82 Å². The fourth-order valence-electron chi connectivity index (χ4n) is 1.52. The molecule has 18 heavy (non-hydrogen) atoms. The van der Waals surface area contributed by atoms with Crippen molar-refractivity contribution in [3.05, 3.63) is 41.3 Å². The summed E-state index contributed by atoms with van der Waals surface area (Å²) in [5, 5.41) is 3.67. The number of pyridine rings is 1. The molecule has 0 radical (unpaired) electrons. The SMILES string of the molecule is Cc1cc(CCl)cnc1-n1cc(C(F)(F)F)cn1. The molecule has 0 fully saturated rings. The smallest absolute Gasteiger partial charge is 0.237 e. The molecule has 0 saturated carbocycles. The Balaban J connectivity index is 2.40. The van der Waals surface area contributed by atoms with Crippen LogP contribution in [0.2, 0.25) is 0 Å². The van der Waals surface area contributed by atoms with Crippen molar-refractivity contribution in [2.24, 2.45) is 0 Å². The van der Waals surface area contributed by atoms with Crippen molar-refractivity contribution < 1.29 is 13.2 Å². The Bertz CT molecular complexity index is 563. The van der Waals surface area contributed by atoms with E-state index in [4.69, 9.17) is 11.6 Å². The molecule has 3 nitrogen and oxygen atoms in total. The standard InChI is InChI=1S/C11H9ClF3N3/c1-7-2-8(3-12)4-16-10(7)18-6-9(5-17-18)11(13,14)15/h2,4-6H,3H2,1H3. The number of nitrogens with zero attached hydrogens (tertiary/aromatic N) is 3. The van der Waals surface area contributed by atoms with Gasteiger partial charge in [-0.15, -0.1) is 11.6 Å². The van der Waals surface area contributed by atoms with Gasteiger partial charge in [0.2, 0.25) is 0 Å². The zero-order chi connectivity index (χ0) is 13.3. The van der Waals surface area contributed by atoms with Gasteiger partial charge in [-0.25, -0.2) is 9.67 Å². The Labute approximate surface area is 106 Å². The molecule has 96 valence electrons. The minimum absolute atomic E-state index is 0.307. The Morgan fingerprint density at radius 1 is 1.33 bits per heavy atom. The van der Waals surface area contributed by atoms with Crippen LogP contribution in [0.25, 0.3) is 5.82 Å². The lowest BCUT2D eigenvalue weighted by molar-refractivity contribution is -0.137. The van der Waals surface area contributed by atoms with E-state index in [0.717, 1.165) is 22.6 Å². The van der Waals surface area contributed by atoms with E-state index in [1.165, 1.54) is 6.20 Å². The maximum absolute atomic E-state index is 12.4. The minimum Gasteiger partial charge on any atom is -0.237 e. The first-order valence-electron chi connectivity index (χ1n) is 5.05. The summed E-state index contributed by atoms with van der Waals surface area (Å²) in [4.78, 5) is 4.06. The summed E-state index contributed by atoms with van der Waals surface area (Å²) in [5.41, 5.74) is 0.719. The lowest BCUT2D eigenvalue weighted by Crippen LogP contribution is -2.04. The van der Waals surface area contributed by atoms with Crippen LogP contribution in [-0.2, 0) is 12.1 Å². The number of alkyl halides is 4. The first-order chi connectivity index (χ1) is 8.41. The van der Waals surface area contributed by atoms with Crippen LogP contribution in [0.5, 0.6) is 0 Å². The van der Waals surface area contributed by atoms with E-state index in [-0.39, 0.29) is 0 Å². The lowest BCUT2D eigenvalue weighted by atomic mass is 10.2. The molecule has 0 aliphatic rings. The van der Waals surface area contributed by atoms with Crippen LogP contribution in [0.4, 0.5) is 13.2 Å². The third-order valence-corrected chi connectivity index (χ3v) is 2.70. The Morgan fingerprint density at radius 3 is 2.56 bits per heavy atom. The van der Waals surface area contributed by atoms with Crippen molar-refractivity contribution in [2.75, 3.05) is 0 Å². The van der Waals surface area contributed by atoms with Gasteiger partial charge in [-0.1, -0.05) is 0 Å². The molecule has 0 spiro atoms. The molecule has 0 amide bonds. The Kier molecular flexibility index (Phi) is 3.30. The summed E-state index contributed by atoms with van der Waals surface area (Å²) in [7, 11) is 0. The van der Waals surface area contributed by atoms with Crippen LogP contribution in [0.1, 0.15) is 16.7 Å². The normalized spacial score (nSPS) is 11.8. The monoisotopic (exact) mass is 275 g/mol. The molecule has 2 aromatic heterocycles. The maximum atomic E-state index is 12.4. The van der Waals surface area contributed by atoms with Gasteiger partial charge in [0.1, 0.15) is 0 Å². The van der Waals surface area contributed by atoms with E-state index >= 15 is 0 Å². The molecular formula is C11H9ClF3N3. The van der Waals surface area contributed by atoms with Crippen LogP contribution >= 0.6 is 11.6 Å². The summed E-state index contributed by atoms with van der Waals surface area (Å²) in [6.45, 7) is 1.74. The van der Waals surface area contributed by atoms with E-state index in [0.29, 0.717) is 17.3 Å². The predicted octanol–water partition coefficient (Wildman–Crippen LogP) is 3.33. The van der Waals surface area contributed by atoms with Gasteiger partial charge in [0.05, 0.1) is 11.8 Å². The molecular weight excluding hydrogens is 267 g/mol. The van der Waals surface area contributed by atoms with Crippen molar-refractivity contribution in [1.29, 1.82) is 0 Å². The molecule has 0 N–H and O–H groups in total. The van der Waals surface area contributed by atoms with Crippen LogP contribution in [0, 0.1) is 6.92 Å². The highest BCUT2D eigenvalue weighted by atomic mass is 35.5. The number of aryl methyl sites for hydroxylation is 1. The quantitative estimate of drug-likeness (QED) is 0.787. The Morgan fingerprint density at radius 2 is 2.06 bits per heavy atom. The second-order valence-corrected chi connectivity index (χ2v) is 4.06. The van der Waals surface area contributed by atoms with Crippen molar-refractivity contribution in [3.8, 4) is 5.82 Å². The summed E-state index contributed by atoms with van der Waals surface area (Å²) in [6, 6.07) is 1.77. The Hall–Kier alpha value is -1.56. The second-order valence-electron chi connectivity index (χ2n) is 3.79. The highest BCUT2D eigenvalue weighted by molar-refractivity contribution is 6.17. The summed E-state index contributed by atoms with van der Waals surface area (Å²) in [5.74, 6) is 0.667. The van der Waals surface area contributed by atoms with Gasteiger partial charge in [0, 0.05) is 18.3 Å². The number of aromatic nitrogens is 3. The van der Waals surface area contributed by atoms with Gasteiger partial charge >= 0.3 is 6.18 Å². The van der Waals surface area contributed by atoms with Gasteiger partial charge < -0.3 is 0 Å². The molecule has 0 aromatic carbocycles. The average molecular weight is 276 g/mol. The zero-order valence-corrected chi connectivity index (χ0v) is 10.1. The van der Waals surface area contributed by atoms with E-state index in [2.05, 4.69) is 10.1 Å². The number of rotatable bonds is 2. The lowest BCUT2D eigenvalue weighted by Gasteiger charge is -2.06. The van der Waals surface area contributed by atoms with E-state index in [9.17, 15) is 13.2 Å². The first kappa shape index (κ1) is 12.9. The van der Waals surface area contributed by atoms with Crippen molar-refractivity contribution in [1.82, 2.24) is 14.8 Å². The average Bonchev–Trinajstić information content (AvgIpc) is 2.77. The molecule has 2 heterocycles. The molecule has 2 aromatic rings. The summed E-state index contributed by atoms with van der Waals surface area (Å²) < 4.78 is 38.4. The fourth-order valence-corrected chi connectivity index (χ4v) is 1.67. The highest BCUT2D eigenvalue weighted by Crippen LogP contribution is 2.29. The third kappa shape index (κ3) is 2.48. The van der Waals surface area contributed by atoms with Crippen LogP contribution in [-0.4, -0.2) is 14.8 Å². The molecule has 0 unspecified atom stereocenters. The van der Waals surface area contributed by atoms with Crippen molar-refractivity contribution >= 4 is 11.6 Å². The molecule has 0 aliphatic heterocycles. The van der Waals surface area contributed by atoms with Gasteiger partial charge in [-0.3, -0.25) is 0 Å². The number of halogens is 4. The van der Waals surface area contributed by atoms with Gasteiger partial charge in [0.25, 0.3) is 0 Å². The summed E-state index contributed by atoms with van der Waals surface area (Å²) in [6.07, 6.45) is -1.20. The maximum Gasteiger partial charge on any atom is 0.419 e. The molecule has 0 aliphatic carbocycles. The first-order valence-corrected chi connectivity index (χ1v) is 5.59. The molecule has 0 bridgehead atoms. The number of hydrogen-bond donors (Lipinski definition) is 0. The molecule has 0 saturated heterocycles. The van der Waals surface area contributed by atoms with Crippen LogP contribution in [0.15, 0.2) is 24.7 Å². The third-order valence-electron chi connectivity index (χ3n) is 2.39. The predicted molar refractivity (Wildman–Crippen MR) is 60.7 cm³/mol. The largest absolute Gasteiger partial charge is 0.419 e. The second kappa shape index (κ2) is 4.61. The molecule has 7 heteroatoms. The summed E-state index contributed by atoms with van der Waals surface area (Å²) >= 11 is 5.65.